The Morgan fingerprint density at radius 3 is 2.89 bits per heavy atom. The van der Waals surface area contributed by atoms with Crippen molar-refractivity contribution in [3.05, 3.63) is 45.1 Å². The van der Waals surface area contributed by atoms with Crippen molar-refractivity contribution >= 4 is 45.4 Å². The van der Waals surface area contributed by atoms with Gasteiger partial charge in [-0.25, -0.2) is 0 Å². The van der Waals surface area contributed by atoms with Gasteiger partial charge in [-0.2, -0.15) is 16.6 Å². The Labute approximate surface area is 175 Å². The summed E-state index contributed by atoms with van der Waals surface area (Å²) in [7, 11) is 0. The lowest BCUT2D eigenvalue weighted by Gasteiger charge is -2.37. The van der Waals surface area contributed by atoms with Gasteiger partial charge in [-0.05, 0) is 35.2 Å². The number of rotatable bonds is 4. The molecule has 0 spiro atoms. The van der Waals surface area contributed by atoms with Gasteiger partial charge in [0.15, 0.2) is 10.1 Å². The second-order valence-corrected chi connectivity index (χ2v) is 10.4. The van der Waals surface area contributed by atoms with Crippen LogP contribution in [0.15, 0.2) is 43.8 Å². The number of nitrogens with zero attached hydrogens (tertiary/aromatic N) is 4. The molecule has 0 fully saturated rings. The molecule has 2 aromatic heterocycles. The number of thiophene rings is 1. The Kier molecular flexibility index (Phi) is 5.27. The predicted molar refractivity (Wildman–Crippen MR) is 113 cm³/mol. The van der Waals surface area contributed by atoms with Crippen molar-refractivity contribution in [2.75, 3.05) is 4.90 Å². The van der Waals surface area contributed by atoms with E-state index in [9.17, 15) is 10.1 Å². The highest BCUT2D eigenvalue weighted by Gasteiger charge is 2.41. The summed E-state index contributed by atoms with van der Waals surface area (Å²) in [5, 5.41) is 23.4. The Balaban J connectivity index is 1.87. The van der Waals surface area contributed by atoms with Gasteiger partial charge in [0.25, 0.3) is 0 Å². The molecule has 1 aliphatic carbocycles. The minimum atomic E-state index is -0.396. The molecule has 28 heavy (non-hydrogen) atoms. The van der Waals surface area contributed by atoms with Crippen LogP contribution in [0.1, 0.15) is 44.6 Å². The highest BCUT2D eigenvalue weighted by molar-refractivity contribution is 8.01. The molecule has 0 radical (unpaired) electrons. The van der Waals surface area contributed by atoms with Gasteiger partial charge >= 0.3 is 0 Å². The quantitative estimate of drug-likeness (QED) is 0.719. The molecule has 0 amide bonds. The fraction of sp³-hybridized carbons (Fsp3) is 0.368. The summed E-state index contributed by atoms with van der Waals surface area (Å²) in [6, 6.07) is 4.23. The Hall–Kier alpha value is -2.15. The number of carbonyl (C=O) groups is 1. The van der Waals surface area contributed by atoms with Crippen LogP contribution in [0.4, 0.5) is 5.13 Å². The van der Waals surface area contributed by atoms with E-state index >= 15 is 0 Å². The zero-order valence-corrected chi connectivity index (χ0v) is 18.0. The molecule has 9 heteroatoms. The van der Waals surface area contributed by atoms with Gasteiger partial charge in [-0.15, -0.1) is 10.2 Å². The molecule has 2 aromatic rings. The van der Waals surface area contributed by atoms with E-state index in [1.165, 1.54) is 11.3 Å². The lowest BCUT2D eigenvalue weighted by molar-refractivity contribution is -0.116. The molecule has 0 aromatic carbocycles. The Bertz CT molecular complexity index is 1010. The van der Waals surface area contributed by atoms with Crippen LogP contribution in [0, 0.1) is 11.3 Å². The number of hydrogen-bond donors (Lipinski definition) is 1. The third-order valence-corrected chi connectivity index (χ3v) is 7.41. The van der Waals surface area contributed by atoms with Gasteiger partial charge in [-0.3, -0.25) is 9.69 Å². The molecule has 1 aliphatic heterocycles. The van der Waals surface area contributed by atoms with Crippen LogP contribution in [-0.4, -0.2) is 21.2 Å². The van der Waals surface area contributed by atoms with Crippen LogP contribution in [0.3, 0.4) is 0 Å². The summed E-state index contributed by atoms with van der Waals surface area (Å²) in [5.41, 5.74) is 9.39. The van der Waals surface area contributed by atoms with Crippen molar-refractivity contribution in [2.45, 2.75) is 48.6 Å². The second-order valence-electron chi connectivity index (χ2n) is 6.89. The standard InChI is InChI=1S/C19H19N5OS3/c1-10(2)27-19-23-22-18(28-19)24-13-4-3-5-14(25)16(13)15(11-6-7-26-9-11)12(8-20)17(24)21/h6-7,9-10,15H,3-5,21H2,1-2H3/t15-/m0/s1. The summed E-state index contributed by atoms with van der Waals surface area (Å²) in [5.74, 6) is 0.0427. The highest BCUT2D eigenvalue weighted by atomic mass is 32.2. The second kappa shape index (κ2) is 7.70. The number of allylic oxidation sites excluding steroid dienone is 3. The average molecular weight is 430 g/mol. The molecule has 0 saturated heterocycles. The van der Waals surface area contributed by atoms with Gasteiger partial charge < -0.3 is 5.73 Å². The smallest absolute Gasteiger partial charge is 0.219 e. The summed E-state index contributed by atoms with van der Waals surface area (Å²) in [6.45, 7) is 4.20. The third-order valence-electron chi connectivity index (χ3n) is 4.71. The fourth-order valence-electron chi connectivity index (χ4n) is 3.62. The Morgan fingerprint density at radius 1 is 1.39 bits per heavy atom. The molecule has 0 bridgehead atoms. The molecule has 6 nitrogen and oxygen atoms in total. The highest BCUT2D eigenvalue weighted by Crippen LogP contribution is 2.47. The number of nitrogens with two attached hydrogens (primary N) is 1. The van der Waals surface area contributed by atoms with E-state index in [0.29, 0.717) is 33.8 Å². The van der Waals surface area contributed by atoms with Crippen LogP contribution < -0.4 is 10.6 Å². The molecule has 0 unspecified atom stereocenters. The van der Waals surface area contributed by atoms with E-state index in [2.05, 4.69) is 30.1 Å². The molecule has 0 saturated carbocycles. The lowest BCUT2D eigenvalue weighted by atomic mass is 9.76. The molecular formula is C19H19N5OS3. The van der Waals surface area contributed by atoms with Crippen molar-refractivity contribution in [3.8, 4) is 6.07 Å². The first-order valence-electron chi connectivity index (χ1n) is 8.99. The predicted octanol–water partition coefficient (Wildman–Crippen LogP) is 4.40. The summed E-state index contributed by atoms with van der Waals surface area (Å²) in [6.07, 6.45) is 2.00. The molecule has 2 N–H and O–H groups in total. The number of hydrogen-bond acceptors (Lipinski definition) is 9. The summed E-state index contributed by atoms with van der Waals surface area (Å²) in [4.78, 5) is 14.7. The van der Waals surface area contributed by atoms with Crippen molar-refractivity contribution in [3.63, 3.8) is 0 Å². The molecular weight excluding hydrogens is 410 g/mol. The number of thioether (sulfide) groups is 1. The minimum absolute atomic E-state index is 0.0870. The molecule has 4 rings (SSSR count). The Morgan fingerprint density at radius 2 is 2.21 bits per heavy atom. The number of ketones is 1. The average Bonchev–Trinajstić information content (AvgIpc) is 3.32. The normalized spacial score (nSPS) is 20.0. The maximum absolute atomic E-state index is 12.9. The minimum Gasteiger partial charge on any atom is -0.384 e. The molecule has 3 heterocycles. The van der Waals surface area contributed by atoms with Crippen molar-refractivity contribution in [1.29, 1.82) is 5.26 Å². The fourth-order valence-corrected chi connectivity index (χ4v) is 6.41. The maximum Gasteiger partial charge on any atom is 0.219 e. The zero-order chi connectivity index (χ0) is 19.8. The number of nitriles is 1. The van der Waals surface area contributed by atoms with Crippen molar-refractivity contribution in [2.24, 2.45) is 5.73 Å². The van der Waals surface area contributed by atoms with Crippen LogP contribution in [-0.2, 0) is 4.79 Å². The third kappa shape index (κ3) is 3.26. The van der Waals surface area contributed by atoms with E-state index < -0.39 is 5.92 Å². The van der Waals surface area contributed by atoms with E-state index in [-0.39, 0.29) is 5.78 Å². The monoisotopic (exact) mass is 429 g/mol. The SMILES string of the molecule is CC(C)Sc1nnc(N2C(N)=C(C#N)[C@H](c3ccsc3)C3=C2CCCC3=O)s1. The van der Waals surface area contributed by atoms with Gasteiger partial charge in [0, 0.05) is 22.9 Å². The van der Waals surface area contributed by atoms with Crippen LogP contribution >= 0.6 is 34.4 Å². The van der Waals surface area contributed by atoms with E-state index in [0.717, 1.165) is 28.4 Å². The van der Waals surface area contributed by atoms with E-state index in [1.807, 2.05) is 16.8 Å². The number of aromatic nitrogens is 2. The van der Waals surface area contributed by atoms with Crippen molar-refractivity contribution in [1.82, 2.24) is 10.2 Å². The van der Waals surface area contributed by atoms with Crippen LogP contribution in [0.25, 0.3) is 0 Å². The molecule has 2 aliphatic rings. The van der Waals surface area contributed by atoms with Gasteiger partial charge in [-0.1, -0.05) is 36.9 Å². The number of Topliss-reactive ketones (excluding diaryl/α,β-unsaturated/α-hetero) is 1. The number of carbonyl (C=O) groups excluding carboxylic acids is 1. The lowest BCUT2D eigenvalue weighted by Crippen LogP contribution is -2.38. The van der Waals surface area contributed by atoms with Crippen LogP contribution in [0.5, 0.6) is 0 Å². The maximum atomic E-state index is 12.9. The van der Waals surface area contributed by atoms with Crippen molar-refractivity contribution < 1.29 is 4.79 Å². The summed E-state index contributed by atoms with van der Waals surface area (Å²) >= 11 is 4.62. The van der Waals surface area contributed by atoms with E-state index in [4.69, 9.17) is 5.73 Å². The van der Waals surface area contributed by atoms with Gasteiger partial charge in [0.05, 0.1) is 17.6 Å². The van der Waals surface area contributed by atoms with Crippen LogP contribution in [0.2, 0.25) is 0 Å². The largest absolute Gasteiger partial charge is 0.384 e. The molecule has 144 valence electrons. The van der Waals surface area contributed by atoms with Gasteiger partial charge in [0.2, 0.25) is 5.13 Å². The van der Waals surface area contributed by atoms with E-state index in [1.54, 1.807) is 28.0 Å². The summed E-state index contributed by atoms with van der Waals surface area (Å²) < 4.78 is 0.848. The molecule has 1 atom stereocenters. The topological polar surface area (TPSA) is 95.9 Å². The zero-order valence-electron chi connectivity index (χ0n) is 15.5. The number of anilines is 1. The first-order valence-corrected chi connectivity index (χ1v) is 11.6. The first-order chi connectivity index (χ1) is 13.5. The first kappa shape index (κ1) is 19.2. The van der Waals surface area contributed by atoms with Gasteiger partial charge in [0.1, 0.15) is 5.82 Å².